The van der Waals surface area contributed by atoms with Crippen LogP contribution in [0.1, 0.15) is 16.1 Å². The van der Waals surface area contributed by atoms with Crippen LogP contribution in [0.2, 0.25) is 0 Å². The number of rotatable bonds is 4. The van der Waals surface area contributed by atoms with E-state index in [1.807, 2.05) is 58.6 Å². The van der Waals surface area contributed by atoms with Crippen LogP contribution < -0.4 is 10.6 Å². The topological polar surface area (TPSA) is 89.1 Å². The summed E-state index contributed by atoms with van der Waals surface area (Å²) in [5, 5.41) is 6.99. The predicted molar refractivity (Wildman–Crippen MR) is 112 cm³/mol. The van der Waals surface area contributed by atoms with Crippen LogP contribution >= 0.6 is 0 Å². The van der Waals surface area contributed by atoms with Gasteiger partial charge in [-0.25, -0.2) is 15.0 Å². The Kier molecular flexibility index (Phi) is 3.90. The molecule has 1 amide bonds. The third-order valence-electron chi connectivity index (χ3n) is 4.96. The Hall–Kier alpha value is -3.94. The van der Waals surface area contributed by atoms with E-state index < -0.39 is 0 Å². The SMILES string of the molecule is CNC(=O)c1cc2c(NCc3cn(C)cn3)ccnc2n2c1nc1ccccc12. The fourth-order valence-electron chi connectivity index (χ4n) is 3.61. The average molecular weight is 385 g/mol. The Morgan fingerprint density at radius 2 is 2.00 bits per heavy atom. The molecule has 4 heterocycles. The van der Waals surface area contributed by atoms with Gasteiger partial charge in [-0.05, 0) is 24.3 Å². The molecule has 29 heavy (non-hydrogen) atoms. The van der Waals surface area contributed by atoms with Gasteiger partial charge in [0.2, 0.25) is 0 Å². The smallest absolute Gasteiger partial charge is 0.254 e. The van der Waals surface area contributed by atoms with E-state index in [1.165, 1.54) is 0 Å². The lowest BCUT2D eigenvalue weighted by Gasteiger charge is -2.12. The molecule has 0 spiro atoms. The molecule has 0 aliphatic carbocycles. The quantitative estimate of drug-likeness (QED) is 0.497. The Labute approximate surface area is 166 Å². The molecule has 8 nitrogen and oxygen atoms in total. The predicted octanol–water partition coefficient (Wildman–Crippen LogP) is 2.74. The van der Waals surface area contributed by atoms with Crippen LogP contribution in [0.4, 0.5) is 5.69 Å². The van der Waals surface area contributed by atoms with Crippen molar-refractivity contribution < 1.29 is 4.79 Å². The van der Waals surface area contributed by atoms with E-state index in [2.05, 4.69) is 25.6 Å². The monoisotopic (exact) mass is 385 g/mol. The summed E-state index contributed by atoms with van der Waals surface area (Å²) in [5.41, 5.74) is 5.37. The highest BCUT2D eigenvalue weighted by Crippen LogP contribution is 2.29. The fourth-order valence-corrected chi connectivity index (χ4v) is 3.61. The molecule has 5 aromatic rings. The summed E-state index contributed by atoms with van der Waals surface area (Å²) in [6, 6.07) is 11.6. The van der Waals surface area contributed by atoms with Crippen molar-refractivity contribution in [3.63, 3.8) is 0 Å². The second kappa shape index (κ2) is 6.59. The van der Waals surface area contributed by atoms with Gasteiger partial charge >= 0.3 is 0 Å². The van der Waals surface area contributed by atoms with Gasteiger partial charge in [0.25, 0.3) is 5.91 Å². The molecule has 5 rings (SSSR count). The fraction of sp³-hybridized carbons (Fsp3) is 0.143. The zero-order valence-corrected chi connectivity index (χ0v) is 16.0. The highest BCUT2D eigenvalue weighted by atomic mass is 16.1. The van der Waals surface area contributed by atoms with Crippen LogP contribution in [-0.2, 0) is 13.6 Å². The summed E-state index contributed by atoms with van der Waals surface area (Å²) < 4.78 is 3.85. The normalized spacial score (nSPS) is 11.4. The van der Waals surface area contributed by atoms with Gasteiger partial charge in [-0.1, -0.05) is 12.1 Å². The van der Waals surface area contributed by atoms with E-state index in [-0.39, 0.29) is 5.91 Å². The summed E-state index contributed by atoms with van der Waals surface area (Å²) in [6.07, 6.45) is 5.50. The molecule has 0 atom stereocenters. The number of nitrogens with zero attached hydrogens (tertiary/aromatic N) is 5. The molecule has 0 saturated carbocycles. The van der Waals surface area contributed by atoms with Crippen molar-refractivity contribution in [2.45, 2.75) is 6.54 Å². The summed E-state index contributed by atoms with van der Waals surface area (Å²) >= 11 is 0. The van der Waals surface area contributed by atoms with Gasteiger partial charge in [-0.3, -0.25) is 9.20 Å². The number of anilines is 1. The second-order valence-corrected chi connectivity index (χ2v) is 6.88. The van der Waals surface area contributed by atoms with E-state index in [1.54, 1.807) is 19.6 Å². The van der Waals surface area contributed by atoms with E-state index >= 15 is 0 Å². The molecule has 1 aromatic carbocycles. The molecule has 0 saturated heterocycles. The first-order valence-electron chi connectivity index (χ1n) is 9.27. The van der Waals surface area contributed by atoms with Gasteiger partial charge in [0.15, 0.2) is 5.65 Å². The van der Waals surface area contributed by atoms with Gasteiger partial charge in [-0.2, -0.15) is 0 Å². The first kappa shape index (κ1) is 17.2. The lowest BCUT2D eigenvalue weighted by molar-refractivity contribution is 0.0964. The van der Waals surface area contributed by atoms with Crippen LogP contribution in [0.5, 0.6) is 0 Å². The Bertz CT molecular complexity index is 1380. The Balaban J connectivity index is 1.75. The number of nitrogens with one attached hydrogen (secondary N) is 2. The maximum atomic E-state index is 12.6. The maximum absolute atomic E-state index is 12.6. The number of para-hydroxylation sites is 2. The summed E-state index contributed by atoms with van der Waals surface area (Å²) in [5.74, 6) is -0.188. The molecular formula is C21H19N7O. The summed E-state index contributed by atoms with van der Waals surface area (Å²) in [4.78, 5) is 26.3. The molecule has 0 radical (unpaired) electrons. The number of aromatic nitrogens is 5. The highest BCUT2D eigenvalue weighted by molar-refractivity contribution is 6.07. The summed E-state index contributed by atoms with van der Waals surface area (Å²) in [6.45, 7) is 0.567. The zero-order valence-electron chi connectivity index (χ0n) is 16.0. The number of carbonyl (C=O) groups excluding carboxylic acids is 1. The minimum atomic E-state index is -0.188. The number of pyridine rings is 2. The average Bonchev–Trinajstić information content (AvgIpc) is 3.34. The number of hydrogen-bond donors (Lipinski definition) is 2. The molecule has 144 valence electrons. The van der Waals surface area contributed by atoms with Crippen molar-refractivity contribution in [3.05, 3.63) is 66.4 Å². The number of amides is 1. The van der Waals surface area contributed by atoms with Gasteiger partial charge < -0.3 is 15.2 Å². The van der Waals surface area contributed by atoms with Crippen molar-refractivity contribution in [3.8, 4) is 0 Å². The van der Waals surface area contributed by atoms with Gasteiger partial charge in [-0.15, -0.1) is 0 Å². The third kappa shape index (κ3) is 2.77. The molecule has 8 heteroatoms. The standard InChI is InChI=1S/C21H19N7O/c1-22-21(29)15-9-14-16(24-10-13-11-27(2)12-25-13)7-8-23-19(14)28-18-6-4-3-5-17(18)26-20(15)28/h3-9,11-12H,10H2,1-2H3,(H,22,29)(H,23,24). The number of carbonyl (C=O) groups is 1. The molecule has 2 N–H and O–H groups in total. The molecular weight excluding hydrogens is 366 g/mol. The van der Waals surface area contributed by atoms with E-state index in [4.69, 9.17) is 0 Å². The second-order valence-electron chi connectivity index (χ2n) is 6.88. The van der Waals surface area contributed by atoms with Crippen LogP contribution in [0.3, 0.4) is 0 Å². The third-order valence-corrected chi connectivity index (χ3v) is 4.96. The van der Waals surface area contributed by atoms with Crippen LogP contribution in [0, 0.1) is 0 Å². The minimum Gasteiger partial charge on any atom is -0.379 e. The van der Waals surface area contributed by atoms with E-state index in [0.29, 0.717) is 17.8 Å². The van der Waals surface area contributed by atoms with Crippen molar-refractivity contribution >= 4 is 39.3 Å². The van der Waals surface area contributed by atoms with E-state index in [0.717, 1.165) is 33.4 Å². The highest BCUT2D eigenvalue weighted by Gasteiger charge is 2.18. The van der Waals surface area contributed by atoms with Crippen LogP contribution in [0.15, 0.2) is 55.1 Å². The Morgan fingerprint density at radius 3 is 2.79 bits per heavy atom. The summed E-state index contributed by atoms with van der Waals surface area (Å²) in [7, 11) is 3.56. The largest absolute Gasteiger partial charge is 0.379 e. The number of aryl methyl sites for hydroxylation is 1. The molecule has 0 bridgehead atoms. The minimum absolute atomic E-state index is 0.188. The number of benzene rings is 1. The van der Waals surface area contributed by atoms with Crippen LogP contribution in [-0.4, -0.2) is 36.9 Å². The first-order chi connectivity index (χ1) is 14.2. The first-order valence-corrected chi connectivity index (χ1v) is 9.27. The lowest BCUT2D eigenvalue weighted by atomic mass is 10.1. The molecule has 0 fully saturated rings. The van der Waals surface area contributed by atoms with Crippen molar-refractivity contribution in [2.24, 2.45) is 7.05 Å². The number of fused-ring (bicyclic) bond motifs is 5. The van der Waals surface area contributed by atoms with E-state index in [9.17, 15) is 4.79 Å². The number of hydrogen-bond acceptors (Lipinski definition) is 5. The molecule has 4 aromatic heterocycles. The number of imidazole rings is 2. The van der Waals surface area contributed by atoms with Crippen LogP contribution in [0.25, 0.3) is 27.7 Å². The molecule has 0 aliphatic rings. The lowest BCUT2D eigenvalue weighted by Crippen LogP contribution is -2.19. The van der Waals surface area contributed by atoms with Gasteiger partial charge in [0, 0.05) is 37.6 Å². The van der Waals surface area contributed by atoms with Crippen molar-refractivity contribution in [2.75, 3.05) is 12.4 Å². The van der Waals surface area contributed by atoms with Crippen molar-refractivity contribution in [1.29, 1.82) is 0 Å². The van der Waals surface area contributed by atoms with Gasteiger partial charge in [0.1, 0.15) is 5.65 Å². The Morgan fingerprint density at radius 1 is 1.14 bits per heavy atom. The zero-order chi connectivity index (χ0) is 20.0. The van der Waals surface area contributed by atoms with Gasteiger partial charge in [0.05, 0.1) is 35.2 Å². The molecule has 0 unspecified atom stereocenters. The van der Waals surface area contributed by atoms with Crippen molar-refractivity contribution in [1.82, 2.24) is 29.2 Å². The molecule has 0 aliphatic heterocycles. The maximum Gasteiger partial charge on any atom is 0.254 e.